The minimum atomic E-state index is -0.892. The first kappa shape index (κ1) is 38.3. The molecule has 3 N–H and O–H groups in total. The lowest BCUT2D eigenvalue weighted by Crippen LogP contribution is -3.14. The van der Waals surface area contributed by atoms with Crippen molar-refractivity contribution in [3.63, 3.8) is 0 Å². The van der Waals surface area contributed by atoms with E-state index in [9.17, 15) is 24.3 Å². The third-order valence-corrected chi connectivity index (χ3v) is 11.0. The van der Waals surface area contributed by atoms with E-state index in [-0.39, 0.29) is 53.5 Å². The number of Topliss-reactive ketones (excluding diaryl/α,β-unsaturated/α-hetero) is 1. The predicted molar refractivity (Wildman–Crippen MR) is 187 cm³/mol. The summed E-state index contributed by atoms with van der Waals surface area (Å²) in [4.78, 5) is 60.0. The topological polar surface area (TPSA) is 121 Å². The highest BCUT2D eigenvalue weighted by molar-refractivity contribution is 7.09. The van der Waals surface area contributed by atoms with E-state index >= 15 is 0 Å². The molecular weight excluding hydrogens is 612 g/mol. The number of benzene rings is 1. The molecule has 0 saturated carbocycles. The average molecular weight is 670 g/mol. The normalized spacial score (nSPS) is 19.7. The predicted octanol–water partition coefficient (Wildman–Crippen LogP) is 4.70. The quantitative estimate of drug-likeness (QED) is 0.212. The van der Waals surface area contributed by atoms with Gasteiger partial charge in [-0.25, -0.2) is 4.98 Å². The lowest BCUT2D eigenvalue weighted by Gasteiger charge is -2.36. The van der Waals surface area contributed by atoms with Gasteiger partial charge in [-0.2, -0.15) is 0 Å². The molecule has 1 aliphatic heterocycles. The second-order valence-electron chi connectivity index (χ2n) is 14.1. The van der Waals surface area contributed by atoms with Crippen molar-refractivity contribution in [2.75, 3.05) is 20.6 Å². The average Bonchev–Trinajstić information content (AvgIpc) is 3.52. The van der Waals surface area contributed by atoms with Crippen molar-refractivity contribution in [3.8, 4) is 0 Å². The van der Waals surface area contributed by atoms with Gasteiger partial charge in [0, 0.05) is 49.7 Å². The van der Waals surface area contributed by atoms with Crippen LogP contribution in [0.15, 0.2) is 35.7 Å². The molecule has 1 aromatic carbocycles. The van der Waals surface area contributed by atoms with Gasteiger partial charge >= 0.3 is 5.97 Å². The summed E-state index contributed by atoms with van der Waals surface area (Å²) in [5.74, 6) is -1.58. The smallest absolute Gasteiger partial charge is 0.306 e. The number of aromatic nitrogens is 1. The van der Waals surface area contributed by atoms with Crippen LogP contribution in [0.25, 0.3) is 0 Å². The number of hydrogen-bond acceptors (Lipinski definition) is 6. The first-order valence-corrected chi connectivity index (χ1v) is 18.3. The van der Waals surface area contributed by atoms with E-state index in [1.165, 1.54) is 16.2 Å². The molecule has 10 heteroatoms. The third kappa shape index (κ3) is 11.2. The van der Waals surface area contributed by atoms with Crippen molar-refractivity contribution in [3.05, 3.63) is 52.0 Å². The zero-order chi connectivity index (χ0) is 34.7. The van der Waals surface area contributed by atoms with E-state index in [4.69, 9.17) is 0 Å². The van der Waals surface area contributed by atoms with Gasteiger partial charge in [0.25, 0.3) is 5.91 Å². The van der Waals surface area contributed by atoms with Crippen molar-refractivity contribution in [2.24, 2.45) is 23.7 Å². The number of rotatable bonds is 18. The van der Waals surface area contributed by atoms with Crippen LogP contribution in [0.2, 0.25) is 0 Å². The number of nitrogens with one attached hydrogen (secondary N) is 2. The highest BCUT2D eigenvalue weighted by atomic mass is 32.1. The van der Waals surface area contributed by atoms with Crippen LogP contribution in [0.3, 0.4) is 0 Å². The number of quaternary nitrogens is 1. The SMILES string of the molecule is CC[C@H](C)[C@H](CC(=O)[C@H]1CCCC[NH+]1C)C(=O)N(C)[C@H](CCc1nc(C(=O)N[C@@H](Cc2ccccc2)C[C@H](C)C(=O)O)cs1)C(C)C. The summed E-state index contributed by atoms with van der Waals surface area (Å²) in [7, 11) is 3.97. The highest BCUT2D eigenvalue weighted by Crippen LogP contribution is 2.27. The number of carboxylic acid groups (broad SMARTS) is 1. The van der Waals surface area contributed by atoms with Gasteiger partial charge in [-0.15, -0.1) is 11.3 Å². The maximum absolute atomic E-state index is 14.0. The van der Waals surface area contributed by atoms with Crippen LogP contribution in [0.4, 0.5) is 0 Å². The second-order valence-corrected chi connectivity index (χ2v) is 15.0. The van der Waals surface area contributed by atoms with Crippen LogP contribution in [0.1, 0.15) is 101 Å². The molecule has 9 nitrogen and oxygen atoms in total. The lowest BCUT2D eigenvalue weighted by atomic mass is 9.83. The summed E-state index contributed by atoms with van der Waals surface area (Å²) >= 11 is 1.42. The maximum Gasteiger partial charge on any atom is 0.306 e. The molecule has 0 aliphatic carbocycles. The van der Waals surface area contributed by atoms with Gasteiger partial charge in [0.1, 0.15) is 11.7 Å². The van der Waals surface area contributed by atoms with Crippen molar-refractivity contribution in [1.29, 1.82) is 0 Å². The van der Waals surface area contributed by atoms with Crippen LogP contribution >= 0.6 is 11.3 Å². The fourth-order valence-corrected chi connectivity index (χ4v) is 7.66. The molecule has 2 amide bonds. The van der Waals surface area contributed by atoms with Gasteiger partial charge in [0.2, 0.25) is 5.91 Å². The Bertz CT molecular complexity index is 1310. The largest absolute Gasteiger partial charge is 0.481 e. The van der Waals surface area contributed by atoms with Gasteiger partial charge in [0.05, 0.1) is 24.5 Å². The number of amides is 2. The van der Waals surface area contributed by atoms with Crippen LogP contribution in [-0.4, -0.2) is 77.3 Å². The molecule has 1 saturated heterocycles. The number of aliphatic carboxylic acids is 1. The summed E-state index contributed by atoms with van der Waals surface area (Å²) in [6.07, 6.45) is 6.40. The Balaban J connectivity index is 1.66. The number of ketones is 1. The molecule has 7 atom stereocenters. The minimum Gasteiger partial charge on any atom is -0.481 e. The molecular formula is C37H57N4O5S+. The Morgan fingerprint density at radius 3 is 2.43 bits per heavy atom. The summed E-state index contributed by atoms with van der Waals surface area (Å²) in [6, 6.07) is 9.32. The summed E-state index contributed by atoms with van der Waals surface area (Å²) < 4.78 is 0. The number of carbonyl (C=O) groups is 4. The molecule has 260 valence electrons. The fourth-order valence-electron chi connectivity index (χ4n) is 6.86. The zero-order valence-electron chi connectivity index (χ0n) is 29.5. The van der Waals surface area contributed by atoms with Gasteiger partial charge < -0.3 is 20.2 Å². The number of likely N-dealkylation sites (N-methyl/N-ethyl adjacent to an activating group) is 1. The molecule has 1 aromatic heterocycles. The first-order valence-electron chi connectivity index (χ1n) is 17.5. The van der Waals surface area contributed by atoms with E-state index < -0.39 is 11.9 Å². The van der Waals surface area contributed by atoms with E-state index in [1.807, 2.05) is 42.3 Å². The Morgan fingerprint density at radius 2 is 1.81 bits per heavy atom. The van der Waals surface area contributed by atoms with Crippen molar-refractivity contribution in [2.45, 2.75) is 111 Å². The zero-order valence-corrected chi connectivity index (χ0v) is 30.3. The minimum absolute atomic E-state index is 0.0141. The maximum atomic E-state index is 14.0. The molecule has 1 fully saturated rings. The van der Waals surface area contributed by atoms with Crippen LogP contribution in [0, 0.1) is 23.7 Å². The van der Waals surface area contributed by atoms with Crippen molar-refractivity contribution < 1.29 is 29.2 Å². The summed E-state index contributed by atoms with van der Waals surface area (Å²) in [6.45, 7) is 11.1. The number of hydrogen-bond donors (Lipinski definition) is 3. The highest BCUT2D eigenvalue weighted by Gasteiger charge is 2.37. The van der Waals surface area contributed by atoms with Crippen LogP contribution in [0.5, 0.6) is 0 Å². The van der Waals surface area contributed by atoms with E-state index in [2.05, 4.69) is 45.0 Å². The molecule has 2 heterocycles. The Labute approximate surface area is 285 Å². The molecule has 2 aromatic rings. The van der Waals surface area contributed by atoms with Gasteiger partial charge in [0.15, 0.2) is 5.78 Å². The van der Waals surface area contributed by atoms with Gasteiger partial charge in [-0.3, -0.25) is 19.2 Å². The summed E-state index contributed by atoms with van der Waals surface area (Å²) in [5, 5.41) is 15.1. The van der Waals surface area contributed by atoms with Gasteiger partial charge in [-0.05, 0) is 49.5 Å². The third-order valence-electron chi connectivity index (χ3n) is 10.1. The molecule has 47 heavy (non-hydrogen) atoms. The standard InChI is InChI=1S/C37H56N4O5S/c1-8-25(4)29(22-33(42)32-16-12-13-19-40(32)6)36(44)41(7)31(24(2)3)17-18-34-39-30(23-47-34)35(43)38-28(20-26(5)37(45)46)21-27-14-10-9-11-15-27/h9-11,14-15,23-26,28-29,31-32H,8,12-13,16-22H2,1-7H3,(H,38,43)(H,45,46)/p+1/t25-,26-,28+,29-,31+,32+/m0/s1. The summed E-state index contributed by atoms with van der Waals surface area (Å²) in [5.41, 5.74) is 1.34. The molecule has 1 unspecified atom stereocenters. The van der Waals surface area contributed by atoms with Crippen molar-refractivity contribution >= 4 is 34.9 Å². The Hall–Kier alpha value is -3.11. The molecule has 0 bridgehead atoms. The number of likely N-dealkylation sites (tertiary alicyclic amines) is 1. The second kappa shape index (κ2) is 18.4. The van der Waals surface area contributed by atoms with E-state index in [0.717, 1.165) is 42.8 Å². The Kier molecular flexibility index (Phi) is 15.0. The number of piperidine rings is 1. The number of nitrogens with zero attached hydrogens (tertiary/aromatic N) is 2. The molecule has 0 spiro atoms. The number of thiazole rings is 1. The first-order chi connectivity index (χ1) is 22.3. The fraction of sp³-hybridized carbons (Fsp3) is 0.649. The van der Waals surface area contributed by atoms with Crippen LogP contribution in [-0.2, 0) is 27.2 Å². The lowest BCUT2D eigenvalue weighted by molar-refractivity contribution is -0.901. The number of carboxylic acids is 1. The van der Waals surface area contributed by atoms with Crippen molar-refractivity contribution in [1.82, 2.24) is 15.2 Å². The van der Waals surface area contributed by atoms with E-state index in [1.54, 1.807) is 12.3 Å². The van der Waals surface area contributed by atoms with Crippen LogP contribution < -0.4 is 10.2 Å². The Morgan fingerprint density at radius 1 is 1.11 bits per heavy atom. The number of carbonyl (C=O) groups excluding carboxylic acids is 3. The van der Waals surface area contributed by atoms with E-state index in [0.29, 0.717) is 37.8 Å². The monoisotopic (exact) mass is 669 g/mol. The molecule has 0 radical (unpaired) electrons. The van der Waals surface area contributed by atoms with Gasteiger partial charge in [-0.1, -0.05) is 71.4 Å². The molecule has 1 aliphatic rings. The number of aryl methyl sites for hydroxylation is 1. The molecule has 3 rings (SSSR count).